The number of benzene rings is 1. The largest absolute Gasteiger partial charge is 0.508 e. The molecule has 15 heteroatoms. The first-order chi connectivity index (χ1) is 18.0. The number of nitrogens with zero attached hydrogens (tertiary/aromatic N) is 1. The average molecular weight is 535 g/mol. The minimum atomic E-state index is -1.60. The van der Waals surface area contributed by atoms with Crippen molar-refractivity contribution in [2.75, 3.05) is 6.61 Å². The summed E-state index contributed by atoms with van der Waals surface area (Å²) in [6.45, 7) is -0.909. The lowest BCUT2D eigenvalue weighted by atomic mass is 10.0. The summed E-state index contributed by atoms with van der Waals surface area (Å²) in [5.41, 5.74) is 7.11. The van der Waals surface area contributed by atoms with Gasteiger partial charge in [-0.3, -0.25) is 19.2 Å². The van der Waals surface area contributed by atoms with Crippen molar-refractivity contribution >= 4 is 29.7 Å². The van der Waals surface area contributed by atoms with E-state index < -0.39 is 73.3 Å². The highest BCUT2D eigenvalue weighted by atomic mass is 16.4. The maximum atomic E-state index is 13.0. The van der Waals surface area contributed by atoms with Crippen molar-refractivity contribution < 1.29 is 44.4 Å². The number of carbonyl (C=O) groups excluding carboxylic acids is 3. The molecular weight excluding hydrogens is 504 g/mol. The van der Waals surface area contributed by atoms with Crippen LogP contribution in [0.15, 0.2) is 36.8 Å². The van der Waals surface area contributed by atoms with E-state index in [1.165, 1.54) is 24.7 Å². The predicted octanol–water partition coefficient (Wildman–Crippen LogP) is -2.38. The number of aliphatic hydroxyl groups excluding tert-OH is 1. The number of rotatable bonds is 15. The summed E-state index contributed by atoms with van der Waals surface area (Å²) in [5, 5.41) is 43.9. The fourth-order valence-corrected chi connectivity index (χ4v) is 3.35. The number of imidazole rings is 1. The normalized spacial score (nSPS) is 13.9. The number of nitrogens with one attached hydrogen (secondary N) is 4. The molecule has 15 nitrogen and oxygen atoms in total. The highest BCUT2D eigenvalue weighted by Gasteiger charge is 2.30. The Kier molecular flexibility index (Phi) is 11.2. The molecule has 10 N–H and O–H groups in total. The first-order valence-electron chi connectivity index (χ1n) is 11.5. The van der Waals surface area contributed by atoms with Gasteiger partial charge < -0.3 is 47.1 Å². The Morgan fingerprint density at radius 2 is 1.50 bits per heavy atom. The van der Waals surface area contributed by atoms with Crippen LogP contribution >= 0.6 is 0 Å². The van der Waals surface area contributed by atoms with Crippen LogP contribution in [0.1, 0.15) is 24.1 Å². The number of aliphatic hydroxyl groups is 1. The van der Waals surface area contributed by atoms with E-state index in [1.54, 1.807) is 12.1 Å². The molecule has 0 fully saturated rings. The smallest absolute Gasteiger partial charge is 0.326 e. The number of aliphatic carboxylic acids is 2. The van der Waals surface area contributed by atoms with E-state index >= 15 is 0 Å². The maximum Gasteiger partial charge on any atom is 0.326 e. The van der Waals surface area contributed by atoms with Gasteiger partial charge in [-0.15, -0.1) is 0 Å². The third-order valence-electron chi connectivity index (χ3n) is 5.42. The number of hydrogen-bond donors (Lipinski definition) is 9. The van der Waals surface area contributed by atoms with Gasteiger partial charge in [0.15, 0.2) is 0 Å². The maximum absolute atomic E-state index is 13.0. The fourth-order valence-electron chi connectivity index (χ4n) is 3.35. The molecule has 4 atom stereocenters. The van der Waals surface area contributed by atoms with Crippen molar-refractivity contribution in [2.45, 2.75) is 49.9 Å². The number of H-pyrrole nitrogens is 1. The van der Waals surface area contributed by atoms with Crippen LogP contribution in [0, 0.1) is 0 Å². The number of aromatic hydroxyl groups is 1. The minimum absolute atomic E-state index is 0.0436. The lowest BCUT2D eigenvalue weighted by molar-refractivity contribution is -0.143. The molecule has 0 spiro atoms. The van der Waals surface area contributed by atoms with Crippen molar-refractivity contribution in [3.05, 3.63) is 48.0 Å². The van der Waals surface area contributed by atoms with Gasteiger partial charge in [0, 0.05) is 24.7 Å². The molecule has 0 saturated heterocycles. The molecular formula is C23H30N6O9. The molecule has 3 amide bonds. The van der Waals surface area contributed by atoms with Crippen LogP contribution in [-0.2, 0) is 36.8 Å². The zero-order valence-corrected chi connectivity index (χ0v) is 20.2. The molecule has 0 aliphatic rings. The first-order valence-corrected chi connectivity index (χ1v) is 11.5. The summed E-state index contributed by atoms with van der Waals surface area (Å²) >= 11 is 0. The Hall–Kier alpha value is -4.50. The van der Waals surface area contributed by atoms with Gasteiger partial charge >= 0.3 is 11.9 Å². The number of phenolic OH excluding ortho intramolecular Hbond substituents is 1. The minimum Gasteiger partial charge on any atom is -0.508 e. The van der Waals surface area contributed by atoms with Crippen LogP contribution < -0.4 is 21.7 Å². The molecule has 4 unspecified atom stereocenters. The second-order valence-electron chi connectivity index (χ2n) is 8.39. The van der Waals surface area contributed by atoms with E-state index in [9.17, 15) is 39.3 Å². The Balaban J connectivity index is 2.09. The van der Waals surface area contributed by atoms with Crippen molar-refractivity contribution in [3.8, 4) is 5.75 Å². The molecule has 0 aliphatic heterocycles. The summed E-state index contributed by atoms with van der Waals surface area (Å²) in [4.78, 5) is 67.0. The SMILES string of the molecule is NC(Cc1ccc(O)cc1)C(=O)NC(Cc1cnc[nH]1)C(=O)NC(CO)C(=O)NC(CCC(=O)O)C(=O)O. The molecule has 0 bridgehead atoms. The Labute approximate surface area is 216 Å². The van der Waals surface area contributed by atoms with Crippen LogP contribution in [0.2, 0.25) is 0 Å². The molecule has 1 aromatic carbocycles. The van der Waals surface area contributed by atoms with Gasteiger partial charge in [0.1, 0.15) is 23.9 Å². The topological polar surface area (TPSA) is 257 Å². The third-order valence-corrected chi connectivity index (χ3v) is 5.42. The quantitative estimate of drug-likeness (QED) is 0.117. The summed E-state index contributed by atoms with van der Waals surface area (Å²) in [6.07, 6.45) is 1.84. The number of amides is 3. The van der Waals surface area contributed by atoms with Crippen LogP contribution in [0.25, 0.3) is 0 Å². The number of carboxylic acid groups (broad SMARTS) is 2. The van der Waals surface area contributed by atoms with E-state index in [0.29, 0.717) is 11.3 Å². The molecule has 0 saturated carbocycles. The summed E-state index contributed by atoms with van der Waals surface area (Å²) < 4.78 is 0. The van der Waals surface area contributed by atoms with Gasteiger partial charge in [0.2, 0.25) is 17.7 Å². The van der Waals surface area contributed by atoms with Gasteiger partial charge in [-0.05, 0) is 30.5 Å². The lowest BCUT2D eigenvalue weighted by Crippen LogP contribution is -2.58. The van der Waals surface area contributed by atoms with E-state index in [-0.39, 0.29) is 18.6 Å². The van der Waals surface area contributed by atoms with Gasteiger partial charge in [0.05, 0.1) is 19.0 Å². The zero-order valence-electron chi connectivity index (χ0n) is 20.2. The van der Waals surface area contributed by atoms with Gasteiger partial charge in [-0.25, -0.2) is 9.78 Å². The van der Waals surface area contributed by atoms with Crippen LogP contribution in [0.5, 0.6) is 5.75 Å². The molecule has 0 aliphatic carbocycles. The van der Waals surface area contributed by atoms with Crippen LogP contribution in [0.4, 0.5) is 0 Å². The fraction of sp³-hybridized carbons (Fsp3) is 0.391. The molecule has 206 valence electrons. The van der Waals surface area contributed by atoms with E-state index in [1.807, 2.05) is 0 Å². The number of aromatic nitrogens is 2. The molecule has 1 heterocycles. The van der Waals surface area contributed by atoms with E-state index in [2.05, 4.69) is 25.9 Å². The van der Waals surface area contributed by atoms with Crippen molar-refractivity contribution in [3.63, 3.8) is 0 Å². The van der Waals surface area contributed by atoms with Gasteiger partial charge in [0.25, 0.3) is 0 Å². The lowest BCUT2D eigenvalue weighted by Gasteiger charge is -2.24. The second kappa shape index (κ2) is 14.3. The monoisotopic (exact) mass is 534 g/mol. The van der Waals surface area contributed by atoms with E-state index in [4.69, 9.17) is 10.8 Å². The number of carbonyl (C=O) groups is 5. The molecule has 2 rings (SSSR count). The predicted molar refractivity (Wildman–Crippen MR) is 129 cm³/mol. The molecule has 38 heavy (non-hydrogen) atoms. The highest BCUT2D eigenvalue weighted by Crippen LogP contribution is 2.11. The standard InChI is InChI=1S/C23H30N6O9/c24-15(7-12-1-3-14(31)4-2-12)20(34)28-17(8-13-9-25-11-26-13)21(35)29-18(10-30)22(36)27-16(23(37)38)5-6-19(32)33/h1-4,9,11,15-18,30-31H,5-8,10,24H2,(H,25,26)(H,27,36)(H,28,34)(H,29,35)(H,32,33)(H,37,38). The second-order valence-corrected chi connectivity index (χ2v) is 8.39. The van der Waals surface area contributed by atoms with E-state index in [0.717, 1.165) is 0 Å². The Bertz CT molecular complexity index is 1110. The van der Waals surface area contributed by atoms with Gasteiger partial charge in [-0.2, -0.15) is 0 Å². The van der Waals surface area contributed by atoms with Crippen molar-refractivity contribution in [1.82, 2.24) is 25.9 Å². The zero-order chi connectivity index (χ0) is 28.2. The molecule has 0 radical (unpaired) electrons. The summed E-state index contributed by atoms with van der Waals surface area (Å²) in [7, 11) is 0. The van der Waals surface area contributed by atoms with Crippen molar-refractivity contribution in [1.29, 1.82) is 0 Å². The Morgan fingerprint density at radius 3 is 2.05 bits per heavy atom. The average Bonchev–Trinajstić information content (AvgIpc) is 3.38. The molecule has 1 aromatic heterocycles. The van der Waals surface area contributed by atoms with Crippen LogP contribution in [-0.4, -0.2) is 90.8 Å². The number of hydrogen-bond acceptors (Lipinski definition) is 9. The van der Waals surface area contributed by atoms with Crippen LogP contribution in [0.3, 0.4) is 0 Å². The number of nitrogens with two attached hydrogens (primary N) is 1. The summed E-state index contributed by atoms with van der Waals surface area (Å²) in [6, 6.07) is 0.544. The Morgan fingerprint density at radius 1 is 0.895 bits per heavy atom. The number of carboxylic acids is 2. The first kappa shape index (κ1) is 29.7. The number of aromatic amines is 1. The molecule has 2 aromatic rings. The number of phenols is 1. The third kappa shape index (κ3) is 9.51. The highest BCUT2D eigenvalue weighted by molar-refractivity contribution is 5.94. The van der Waals surface area contributed by atoms with Gasteiger partial charge in [-0.1, -0.05) is 12.1 Å². The van der Waals surface area contributed by atoms with Crippen molar-refractivity contribution in [2.24, 2.45) is 5.73 Å². The summed E-state index contributed by atoms with van der Waals surface area (Å²) in [5.74, 6) is -5.34.